The van der Waals surface area contributed by atoms with E-state index >= 15 is 0 Å². The molecule has 3 heterocycles. The average Bonchev–Trinajstić information content (AvgIpc) is 3.42. The van der Waals surface area contributed by atoms with Crippen LogP contribution in [0.1, 0.15) is 22.5 Å². The number of rotatable bonds is 5. The van der Waals surface area contributed by atoms with Gasteiger partial charge in [-0.15, -0.1) is 23.1 Å². The minimum absolute atomic E-state index is 0.104. The van der Waals surface area contributed by atoms with E-state index in [1.165, 1.54) is 0 Å². The highest BCUT2D eigenvalue weighted by Crippen LogP contribution is 2.28. The number of carbonyl (C=O) groups is 1. The van der Waals surface area contributed by atoms with Gasteiger partial charge < -0.3 is 14.8 Å². The minimum atomic E-state index is 0.104. The molecule has 2 aromatic heterocycles. The number of thioether (sulfide) groups is 1. The molecule has 6 nitrogen and oxygen atoms in total. The Balaban J connectivity index is 1.28. The van der Waals surface area contributed by atoms with Gasteiger partial charge in [0.1, 0.15) is 0 Å². The Morgan fingerprint density at radius 3 is 2.81 bits per heavy atom. The third kappa shape index (κ3) is 4.45. The molecule has 31 heavy (non-hydrogen) atoms. The van der Waals surface area contributed by atoms with Crippen LogP contribution in [0.25, 0.3) is 11.0 Å². The zero-order chi connectivity index (χ0) is 21.0. The van der Waals surface area contributed by atoms with Gasteiger partial charge in [0, 0.05) is 42.2 Å². The third-order valence-corrected chi connectivity index (χ3v) is 7.18. The van der Waals surface area contributed by atoms with Crippen molar-refractivity contribution in [2.75, 3.05) is 31.1 Å². The number of hydrogen-bond acceptors (Lipinski definition) is 6. The molecule has 0 bridgehead atoms. The van der Waals surface area contributed by atoms with E-state index in [1.54, 1.807) is 23.1 Å². The second-order valence-electron chi connectivity index (χ2n) is 7.47. The number of nitrogens with zero attached hydrogens (tertiary/aromatic N) is 4. The van der Waals surface area contributed by atoms with Gasteiger partial charge in [-0.05, 0) is 30.7 Å². The number of para-hydroxylation sites is 2. The highest BCUT2D eigenvalue weighted by Gasteiger charge is 2.23. The Bertz CT molecular complexity index is 1140. The van der Waals surface area contributed by atoms with E-state index < -0.39 is 0 Å². The number of benzene rings is 2. The van der Waals surface area contributed by atoms with Crippen LogP contribution < -0.4 is 4.90 Å². The van der Waals surface area contributed by atoms with Gasteiger partial charge in [-0.25, -0.2) is 9.97 Å². The molecule has 8 heteroatoms. The Hall–Kier alpha value is -2.84. The first-order chi connectivity index (χ1) is 15.3. The molecule has 0 saturated carbocycles. The van der Waals surface area contributed by atoms with Crippen molar-refractivity contribution < 1.29 is 4.79 Å². The molecule has 1 fully saturated rings. The largest absolute Gasteiger partial charge is 0.341 e. The second kappa shape index (κ2) is 9.11. The number of nitrogens with one attached hydrogen (secondary N) is 1. The zero-order valence-electron chi connectivity index (χ0n) is 17.0. The summed E-state index contributed by atoms with van der Waals surface area (Å²) in [4.78, 5) is 31.1. The van der Waals surface area contributed by atoms with Crippen molar-refractivity contribution in [1.29, 1.82) is 0 Å². The normalized spacial score (nSPS) is 14.7. The number of anilines is 1. The van der Waals surface area contributed by atoms with E-state index in [4.69, 9.17) is 4.98 Å². The Labute approximate surface area is 189 Å². The number of thiazole rings is 1. The van der Waals surface area contributed by atoms with E-state index in [1.807, 2.05) is 58.9 Å². The van der Waals surface area contributed by atoms with Crippen LogP contribution in [0.2, 0.25) is 0 Å². The molecule has 0 atom stereocenters. The molecule has 1 aliphatic rings. The molecule has 1 amide bonds. The lowest BCUT2D eigenvalue weighted by molar-refractivity contribution is 0.0763. The quantitative estimate of drug-likeness (QED) is 0.449. The Morgan fingerprint density at radius 2 is 1.94 bits per heavy atom. The van der Waals surface area contributed by atoms with E-state index in [0.717, 1.165) is 64.9 Å². The summed E-state index contributed by atoms with van der Waals surface area (Å²) in [7, 11) is 0. The maximum atomic E-state index is 13.4. The van der Waals surface area contributed by atoms with Crippen LogP contribution in [-0.4, -0.2) is 51.9 Å². The van der Waals surface area contributed by atoms with Crippen molar-refractivity contribution in [3.63, 3.8) is 0 Å². The molecular formula is C23H23N5OS2. The van der Waals surface area contributed by atoms with E-state index in [-0.39, 0.29) is 5.91 Å². The number of carbonyl (C=O) groups excluding carboxylic acids is 1. The van der Waals surface area contributed by atoms with Crippen molar-refractivity contribution in [2.45, 2.75) is 17.1 Å². The van der Waals surface area contributed by atoms with Gasteiger partial charge in [-0.3, -0.25) is 4.79 Å². The number of aromatic nitrogens is 3. The summed E-state index contributed by atoms with van der Waals surface area (Å²) in [5.74, 6) is 1.76. The van der Waals surface area contributed by atoms with E-state index in [0.29, 0.717) is 6.54 Å². The topological polar surface area (TPSA) is 65.1 Å². The van der Waals surface area contributed by atoms with Crippen LogP contribution in [0, 0.1) is 0 Å². The molecule has 2 aromatic carbocycles. The predicted octanol–water partition coefficient (Wildman–Crippen LogP) is 4.66. The lowest BCUT2D eigenvalue weighted by Gasteiger charge is -2.22. The monoisotopic (exact) mass is 449 g/mol. The van der Waals surface area contributed by atoms with Gasteiger partial charge in [0.15, 0.2) is 0 Å². The van der Waals surface area contributed by atoms with Gasteiger partial charge in [-0.1, -0.05) is 24.3 Å². The first kappa shape index (κ1) is 20.1. The molecular weight excluding hydrogens is 426 g/mol. The fraction of sp³-hybridized carbons (Fsp3) is 0.261. The first-order valence-corrected chi connectivity index (χ1v) is 12.3. The lowest BCUT2D eigenvalue weighted by atomic mass is 10.2. The number of H-pyrrole nitrogens is 1. The molecule has 0 aliphatic carbocycles. The highest BCUT2D eigenvalue weighted by atomic mass is 32.2. The van der Waals surface area contributed by atoms with Crippen LogP contribution in [0.4, 0.5) is 5.95 Å². The van der Waals surface area contributed by atoms with Crippen LogP contribution in [0.15, 0.2) is 64.3 Å². The molecule has 158 valence electrons. The van der Waals surface area contributed by atoms with Gasteiger partial charge in [-0.2, -0.15) is 0 Å². The van der Waals surface area contributed by atoms with E-state index in [2.05, 4.69) is 20.2 Å². The smallest absolute Gasteiger partial charge is 0.255 e. The third-order valence-electron chi connectivity index (χ3n) is 5.44. The predicted molar refractivity (Wildman–Crippen MR) is 127 cm³/mol. The maximum absolute atomic E-state index is 13.4. The lowest BCUT2D eigenvalue weighted by Crippen LogP contribution is -2.35. The molecule has 0 radical (unpaired) electrons. The Morgan fingerprint density at radius 1 is 1.06 bits per heavy atom. The van der Waals surface area contributed by atoms with Crippen LogP contribution in [-0.2, 0) is 5.75 Å². The van der Waals surface area contributed by atoms with Gasteiger partial charge >= 0.3 is 0 Å². The fourth-order valence-corrected chi connectivity index (χ4v) is 5.43. The summed E-state index contributed by atoms with van der Waals surface area (Å²) in [6, 6.07) is 16.0. The molecule has 4 aromatic rings. The summed E-state index contributed by atoms with van der Waals surface area (Å²) >= 11 is 3.27. The van der Waals surface area contributed by atoms with Crippen molar-refractivity contribution in [3.8, 4) is 0 Å². The van der Waals surface area contributed by atoms with Gasteiger partial charge in [0.2, 0.25) is 5.95 Å². The SMILES string of the molecule is O=C(c1ccccc1SCc1cscn1)N1CCCN(c2nc3ccccc3[nH]2)CC1. The maximum Gasteiger partial charge on any atom is 0.255 e. The second-order valence-corrected chi connectivity index (χ2v) is 9.21. The number of aromatic amines is 1. The van der Waals surface area contributed by atoms with E-state index in [9.17, 15) is 4.79 Å². The molecule has 0 spiro atoms. The van der Waals surface area contributed by atoms with Gasteiger partial charge in [0.05, 0.1) is 27.8 Å². The number of amides is 1. The van der Waals surface area contributed by atoms with Crippen molar-refractivity contribution in [2.24, 2.45) is 0 Å². The Kier molecular flexibility index (Phi) is 5.90. The number of fused-ring (bicyclic) bond motifs is 1. The minimum Gasteiger partial charge on any atom is -0.341 e. The summed E-state index contributed by atoms with van der Waals surface area (Å²) in [6.07, 6.45) is 0.914. The molecule has 5 rings (SSSR count). The molecule has 1 saturated heterocycles. The fourth-order valence-electron chi connectivity index (χ4n) is 3.82. The summed E-state index contributed by atoms with van der Waals surface area (Å²) in [5, 5.41) is 2.05. The van der Waals surface area contributed by atoms with Crippen molar-refractivity contribution in [1.82, 2.24) is 19.9 Å². The molecule has 0 unspecified atom stereocenters. The summed E-state index contributed by atoms with van der Waals surface area (Å²) in [6.45, 7) is 3.07. The van der Waals surface area contributed by atoms with Gasteiger partial charge in [0.25, 0.3) is 5.91 Å². The van der Waals surface area contributed by atoms with Crippen molar-refractivity contribution in [3.05, 3.63) is 70.7 Å². The van der Waals surface area contributed by atoms with Crippen LogP contribution in [0.3, 0.4) is 0 Å². The summed E-state index contributed by atoms with van der Waals surface area (Å²) < 4.78 is 0. The number of imidazole rings is 1. The highest BCUT2D eigenvalue weighted by molar-refractivity contribution is 7.98. The molecule has 1 aliphatic heterocycles. The van der Waals surface area contributed by atoms with Crippen LogP contribution in [0.5, 0.6) is 0 Å². The standard InChI is InChI=1S/C23H23N5OS2/c29-22(18-6-1-4-9-21(18)31-15-17-14-30-16-24-17)27-10-5-11-28(13-12-27)23-25-19-7-2-3-8-20(19)26-23/h1-4,6-9,14,16H,5,10-13,15H2,(H,25,26). The zero-order valence-corrected chi connectivity index (χ0v) is 18.7. The first-order valence-electron chi connectivity index (χ1n) is 10.4. The van der Waals surface area contributed by atoms with Crippen molar-refractivity contribution >= 4 is 46.0 Å². The summed E-state index contributed by atoms with van der Waals surface area (Å²) in [5.41, 5.74) is 5.69. The average molecular weight is 450 g/mol. The van der Waals surface area contributed by atoms with Crippen LogP contribution >= 0.6 is 23.1 Å². The molecule has 1 N–H and O–H groups in total. The number of hydrogen-bond donors (Lipinski definition) is 1.